The average Bonchev–Trinajstić information content (AvgIpc) is 2.99. The molecule has 1 atom stereocenters. The van der Waals surface area contributed by atoms with Crippen LogP contribution < -0.4 is 10.6 Å². The maximum absolute atomic E-state index is 12.2. The maximum atomic E-state index is 12.2. The summed E-state index contributed by atoms with van der Waals surface area (Å²) in [6, 6.07) is 10.7. The van der Waals surface area contributed by atoms with Crippen molar-refractivity contribution in [1.82, 2.24) is 10.2 Å². The molecule has 0 aliphatic carbocycles. The topological polar surface area (TPSA) is 78.5 Å². The van der Waals surface area contributed by atoms with Gasteiger partial charge in [-0.2, -0.15) is 0 Å². The molecule has 0 saturated carbocycles. The molecule has 6 nitrogen and oxygen atoms in total. The van der Waals surface area contributed by atoms with Gasteiger partial charge < -0.3 is 15.5 Å². The Morgan fingerprint density at radius 1 is 1.24 bits per heavy atom. The highest BCUT2D eigenvalue weighted by Crippen LogP contribution is 2.22. The van der Waals surface area contributed by atoms with Crippen molar-refractivity contribution < 1.29 is 13.2 Å². The third kappa shape index (κ3) is 6.49. The van der Waals surface area contributed by atoms with Crippen molar-refractivity contribution >= 4 is 32.9 Å². The molecule has 2 aromatic rings. The largest absolute Gasteiger partial charge is 0.336 e. The van der Waals surface area contributed by atoms with E-state index in [2.05, 4.69) is 15.5 Å². The van der Waals surface area contributed by atoms with Crippen molar-refractivity contribution in [1.29, 1.82) is 0 Å². The molecule has 0 aliphatic rings. The highest BCUT2D eigenvalue weighted by atomic mass is 32.2. The number of carbonyl (C=O) groups excluding carboxylic acids is 1. The number of nitrogens with zero attached hydrogens (tertiary/aromatic N) is 1. The van der Waals surface area contributed by atoms with Crippen LogP contribution in [0.3, 0.4) is 0 Å². The summed E-state index contributed by atoms with van der Waals surface area (Å²) in [7, 11) is 0.831. The lowest BCUT2D eigenvalue weighted by molar-refractivity contribution is 0.244. The molecule has 2 amide bonds. The summed E-state index contributed by atoms with van der Waals surface area (Å²) in [4.78, 5) is 15.4. The Hall–Kier alpha value is -1.90. The predicted octanol–water partition coefficient (Wildman–Crippen LogP) is 2.72. The van der Waals surface area contributed by atoms with Gasteiger partial charge in [0.25, 0.3) is 0 Å². The Kier molecular flexibility index (Phi) is 6.57. The van der Waals surface area contributed by atoms with Crippen LogP contribution in [0.1, 0.15) is 16.5 Å². The van der Waals surface area contributed by atoms with Crippen molar-refractivity contribution in [3.8, 4) is 0 Å². The quantitative estimate of drug-likeness (QED) is 0.773. The van der Waals surface area contributed by atoms with Crippen molar-refractivity contribution in [2.24, 2.45) is 0 Å². The summed E-state index contributed by atoms with van der Waals surface area (Å²) in [6.07, 6.45) is 1.19. The number of hydrogen-bond donors (Lipinski definition) is 2. The van der Waals surface area contributed by atoms with Gasteiger partial charge in [-0.1, -0.05) is 18.2 Å². The first kappa shape index (κ1) is 19.4. The normalized spacial score (nSPS) is 12.8. The third-order valence-electron chi connectivity index (χ3n) is 3.56. The second-order valence-electron chi connectivity index (χ2n) is 6.10. The number of carbonyl (C=O) groups is 1. The van der Waals surface area contributed by atoms with Gasteiger partial charge in [0.15, 0.2) is 9.84 Å². The van der Waals surface area contributed by atoms with Gasteiger partial charge in [-0.15, -0.1) is 11.3 Å². The van der Waals surface area contributed by atoms with Gasteiger partial charge in [0.05, 0.1) is 11.8 Å². The second kappa shape index (κ2) is 8.46. The first-order valence-corrected chi connectivity index (χ1v) is 10.7. The lowest BCUT2D eigenvalue weighted by atomic mass is 10.2. The molecule has 0 bridgehead atoms. The first-order valence-electron chi connectivity index (χ1n) is 7.76. The number of rotatable bonds is 7. The molecular weight excluding hydrogens is 358 g/mol. The van der Waals surface area contributed by atoms with Gasteiger partial charge in [-0.3, -0.25) is 0 Å². The maximum Gasteiger partial charge on any atom is 0.319 e. The molecule has 8 heteroatoms. The van der Waals surface area contributed by atoms with E-state index in [1.165, 1.54) is 11.1 Å². The van der Waals surface area contributed by atoms with E-state index < -0.39 is 9.84 Å². The number of anilines is 1. The lowest BCUT2D eigenvalue weighted by Crippen LogP contribution is -2.36. The molecule has 0 fully saturated rings. The molecule has 2 rings (SSSR count). The van der Waals surface area contributed by atoms with E-state index in [0.29, 0.717) is 17.8 Å². The Balaban J connectivity index is 1.95. The number of hydrogen-bond acceptors (Lipinski definition) is 5. The molecule has 1 aromatic heterocycles. The number of benzene rings is 1. The van der Waals surface area contributed by atoms with Crippen molar-refractivity contribution in [3.05, 3.63) is 52.2 Å². The van der Waals surface area contributed by atoms with E-state index in [0.717, 1.165) is 0 Å². The minimum atomic E-state index is -3.11. The summed E-state index contributed by atoms with van der Waals surface area (Å²) in [5, 5.41) is 7.63. The summed E-state index contributed by atoms with van der Waals surface area (Å²) >= 11 is 1.65. The van der Waals surface area contributed by atoms with Crippen LogP contribution in [-0.2, 0) is 15.6 Å². The van der Waals surface area contributed by atoms with Gasteiger partial charge in [0.2, 0.25) is 0 Å². The Labute approximate surface area is 152 Å². The second-order valence-corrected chi connectivity index (χ2v) is 9.22. The fourth-order valence-electron chi connectivity index (χ4n) is 2.42. The molecular formula is C17H23N3O3S2. The van der Waals surface area contributed by atoms with E-state index in [4.69, 9.17) is 0 Å². The van der Waals surface area contributed by atoms with Crippen molar-refractivity contribution in [3.63, 3.8) is 0 Å². The highest BCUT2D eigenvalue weighted by molar-refractivity contribution is 7.89. The number of thiophene rings is 1. The van der Waals surface area contributed by atoms with Crippen LogP contribution in [0.25, 0.3) is 0 Å². The van der Waals surface area contributed by atoms with E-state index in [1.807, 2.05) is 31.6 Å². The Bertz CT molecular complexity index is 802. The number of urea groups is 1. The zero-order valence-electron chi connectivity index (χ0n) is 14.5. The molecule has 0 aliphatic heterocycles. The molecule has 0 saturated heterocycles. The monoisotopic (exact) mass is 381 g/mol. The van der Waals surface area contributed by atoms with Crippen LogP contribution in [0.2, 0.25) is 0 Å². The standard InChI is InChI=1S/C17H23N3O3S2/c1-20(2)15(16-8-5-9-24-16)11-18-17(21)19-14-7-4-6-13(10-14)12-25(3,22)23/h4-10,15H,11-12H2,1-3H3,(H2,18,19,21). The van der Waals surface area contributed by atoms with Gasteiger partial charge >= 0.3 is 6.03 Å². The van der Waals surface area contributed by atoms with Gasteiger partial charge in [-0.05, 0) is 43.2 Å². The van der Waals surface area contributed by atoms with Crippen LogP contribution >= 0.6 is 11.3 Å². The van der Waals surface area contributed by atoms with E-state index >= 15 is 0 Å². The molecule has 136 valence electrons. The molecule has 0 radical (unpaired) electrons. The summed E-state index contributed by atoms with van der Waals surface area (Å²) in [5.41, 5.74) is 1.21. The smallest absolute Gasteiger partial charge is 0.319 e. The lowest BCUT2D eigenvalue weighted by Gasteiger charge is -2.23. The van der Waals surface area contributed by atoms with Crippen LogP contribution in [-0.4, -0.2) is 46.2 Å². The Morgan fingerprint density at radius 3 is 2.60 bits per heavy atom. The zero-order chi connectivity index (χ0) is 18.4. The number of likely N-dealkylation sites (N-methyl/N-ethyl adjacent to an activating group) is 1. The van der Waals surface area contributed by atoms with Crippen LogP contribution in [0.5, 0.6) is 0 Å². The molecule has 0 spiro atoms. The summed E-state index contributed by atoms with van der Waals surface area (Å²) in [6.45, 7) is 0.475. The van der Waals surface area contributed by atoms with Crippen LogP contribution in [0, 0.1) is 0 Å². The van der Waals surface area contributed by atoms with E-state index in [-0.39, 0.29) is 17.8 Å². The average molecular weight is 382 g/mol. The first-order chi connectivity index (χ1) is 11.7. The van der Waals surface area contributed by atoms with Crippen molar-refractivity contribution in [2.75, 3.05) is 32.2 Å². The molecule has 1 unspecified atom stereocenters. The number of sulfone groups is 1. The fourth-order valence-corrected chi connectivity index (χ4v) is 4.13. The molecule has 1 heterocycles. The zero-order valence-corrected chi connectivity index (χ0v) is 16.2. The van der Waals surface area contributed by atoms with Crippen molar-refractivity contribution in [2.45, 2.75) is 11.8 Å². The van der Waals surface area contributed by atoms with Gasteiger partial charge in [0.1, 0.15) is 0 Å². The minimum Gasteiger partial charge on any atom is -0.336 e. The minimum absolute atomic E-state index is 0.0504. The Morgan fingerprint density at radius 2 is 2.00 bits per heavy atom. The van der Waals surface area contributed by atoms with Gasteiger partial charge in [0, 0.05) is 23.4 Å². The van der Waals surface area contributed by atoms with E-state index in [1.54, 1.807) is 35.6 Å². The molecule has 25 heavy (non-hydrogen) atoms. The third-order valence-corrected chi connectivity index (χ3v) is 5.40. The van der Waals surface area contributed by atoms with E-state index in [9.17, 15) is 13.2 Å². The number of amides is 2. The molecule has 2 N–H and O–H groups in total. The van der Waals surface area contributed by atoms with Gasteiger partial charge in [-0.25, -0.2) is 13.2 Å². The SMILES string of the molecule is CN(C)C(CNC(=O)Nc1cccc(CS(C)(=O)=O)c1)c1cccs1. The fraction of sp³-hybridized carbons (Fsp3) is 0.353. The predicted molar refractivity (Wildman–Crippen MR) is 103 cm³/mol. The highest BCUT2D eigenvalue weighted by Gasteiger charge is 2.16. The number of nitrogens with one attached hydrogen (secondary N) is 2. The molecule has 1 aromatic carbocycles. The van der Waals surface area contributed by atoms with Crippen LogP contribution in [0.4, 0.5) is 10.5 Å². The van der Waals surface area contributed by atoms with Crippen LogP contribution in [0.15, 0.2) is 41.8 Å². The summed E-state index contributed by atoms with van der Waals surface area (Å²) in [5.74, 6) is -0.0504. The summed E-state index contributed by atoms with van der Waals surface area (Å²) < 4.78 is 22.8.